The Hall–Kier alpha value is -1.59. The third-order valence-corrected chi connectivity index (χ3v) is 2.06. The molecule has 86 valence electrons. The highest BCUT2D eigenvalue weighted by Crippen LogP contribution is 2.32. The molecule has 1 atom stereocenters. The average Bonchev–Trinajstić information content (AvgIpc) is 2.15. The Morgan fingerprint density at radius 1 is 1.44 bits per heavy atom. The Balaban J connectivity index is 3.23. The average molecular weight is 250 g/mol. The Kier molecular flexibility index (Phi) is 3.51. The van der Waals surface area contributed by atoms with Crippen LogP contribution in [0.2, 0.25) is 0 Å². The fraction of sp³-hybridized carbons (Fsp3) is 0.125. The van der Waals surface area contributed by atoms with Gasteiger partial charge >= 0.3 is 6.18 Å². The minimum atomic E-state index is -4.57. The first-order valence-electron chi connectivity index (χ1n) is 3.83. The summed E-state index contributed by atoms with van der Waals surface area (Å²) in [5.74, 6) is 0. The summed E-state index contributed by atoms with van der Waals surface area (Å²) in [6.07, 6.45) is -4.57. The van der Waals surface area contributed by atoms with E-state index in [0.29, 0.717) is 6.07 Å². The summed E-state index contributed by atoms with van der Waals surface area (Å²) >= 11 is -2.53. The molecule has 16 heavy (non-hydrogen) atoms. The van der Waals surface area contributed by atoms with Gasteiger partial charge in [-0.1, -0.05) is 0 Å². The van der Waals surface area contributed by atoms with E-state index < -0.39 is 23.0 Å². The van der Waals surface area contributed by atoms with Crippen LogP contribution in [0.25, 0.3) is 0 Å². The van der Waals surface area contributed by atoms with Crippen molar-refractivity contribution in [2.75, 3.05) is 4.72 Å². The predicted molar refractivity (Wildman–Crippen MR) is 50.6 cm³/mol. The number of nitriles is 1. The highest BCUT2D eigenvalue weighted by atomic mass is 32.2. The number of anilines is 1. The van der Waals surface area contributed by atoms with Crippen LogP contribution in [-0.2, 0) is 17.4 Å². The fourth-order valence-electron chi connectivity index (χ4n) is 0.997. The van der Waals surface area contributed by atoms with Crippen LogP contribution in [0, 0.1) is 11.3 Å². The molecule has 0 aromatic heterocycles. The van der Waals surface area contributed by atoms with Gasteiger partial charge in [-0.25, -0.2) is 4.21 Å². The number of nitrogens with one attached hydrogen (secondary N) is 1. The SMILES string of the molecule is N#Cc1ccc(C(F)(F)F)cc1NS(=O)O. The van der Waals surface area contributed by atoms with Gasteiger partial charge in [0, 0.05) is 0 Å². The molecule has 0 saturated carbocycles. The smallest absolute Gasteiger partial charge is 0.289 e. The molecule has 2 N–H and O–H groups in total. The lowest BCUT2D eigenvalue weighted by Gasteiger charge is -2.09. The van der Waals surface area contributed by atoms with Crippen LogP contribution < -0.4 is 4.72 Å². The molecule has 0 radical (unpaired) electrons. The van der Waals surface area contributed by atoms with Crippen LogP contribution >= 0.6 is 0 Å². The van der Waals surface area contributed by atoms with E-state index in [1.54, 1.807) is 6.07 Å². The zero-order chi connectivity index (χ0) is 12.3. The maximum Gasteiger partial charge on any atom is 0.416 e. The summed E-state index contributed by atoms with van der Waals surface area (Å²) in [4.78, 5) is 0. The number of benzene rings is 1. The lowest BCUT2D eigenvalue weighted by atomic mass is 10.1. The van der Waals surface area contributed by atoms with Crippen molar-refractivity contribution in [3.8, 4) is 6.07 Å². The quantitative estimate of drug-likeness (QED) is 0.789. The summed E-state index contributed by atoms with van der Waals surface area (Å²) in [6, 6.07) is 3.86. The van der Waals surface area contributed by atoms with Gasteiger partial charge in [-0.2, -0.15) is 18.4 Å². The number of hydrogen-bond acceptors (Lipinski definition) is 2. The molecule has 4 nitrogen and oxygen atoms in total. The monoisotopic (exact) mass is 250 g/mol. The van der Waals surface area contributed by atoms with Crippen molar-refractivity contribution in [3.63, 3.8) is 0 Å². The van der Waals surface area contributed by atoms with Gasteiger partial charge in [0.1, 0.15) is 6.07 Å². The van der Waals surface area contributed by atoms with E-state index in [1.807, 2.05) is 4.72 Å². The van der Waals surface area contributed by atoms with Crippen molar-refractivity contribution < 1.29 is 21.9 Å². The van der Waals surface area contributed by atoms with Gasteiger partial charge in [0.2, 0.25) is 0 Å². The molecular formula is C8H5F3N2O2S. The fourth-order valence-corrected chi connectivity index (χ4v) is 1.35. The molecule has 0 spiro atoms. The zero-order valence-corrected chi connectivity index (χ0v) is 8.39. The molecule has 0 bridgehead atoms. The Labute approximate surface area is 91.1 Å². The molecular weight excluding hydrogens is 245 g/mol. The van der Waals surface area contributed by atoms with Crippen molar-refractivity contribution in [1.82, 2.24) is 0 Å². The molecule has 8 heteroatoms. The molecule has 0 fully saturated rings. The highest BCUT2D eigenvalue weighted by Gasteiger charge is 2.31. The van der Waals surface area contributed by atoms with Crippen molar-refractivity contribution in [3.05, 3.63) is 29.3 Å². The second-order valence-corrected chi connectivity index (χ2v) is 3.42. The third kappa shape index (κ3) is 2.95. The van der Waals surface area contributed by atoms with E-state index >= 15 is 0 Å². The largest absolute Gasteiger partial charge is 0.416 e. The summed E-state index contributed by atoms with van der Waals surface area (Å²) in [5.41, 5.74) is -1.48. The standard InChI is InChI=1S/C8H5F3N2O2S/c9-8(10,11)6-2-1-5(4-12)7(3-6)13-16(14)15/h1-3,13H,(H,14,15). The number of hydrogen-bond donors (Lipinski definition) is 2. The van der Waals surface area contributed by atoms with Crippen LogP contribution in [0.1, 0.15) is 11.1 Å². The summed E-state index contributed by atoms with van der Waals surface area (Å²) < 4.78 is 57.6. The normalized spacial score (nSPS) is 12.9. The van der Waals surface area contributed by atoms with Gasteiger partial charge in [-0.05, 0) is 18.2 Å². The lowest BCUT2D eigenvalue weighted by Crippen LogP contribution is -2.08. The molecule has 1 unspecified atom stereocenters. The predicted octanol–water partition coefficient (Wildman–Crippen LogP) is 2.13. The van der Waals surface area contributed by atoms with Gasteiger partial charge in [0.15, 0.2) is 0 Å². The number of alkyl halides is 3. The minimum absolute atomic E-state index is 0.143. The second kappa shape index (κ2) is 4.51. The molecule has 0 aliphatic carbocycles. The minimum Gasteiger partial charge on any atom is -0.289 e. The topological polar surface area (TPSA) is 73.1 Å². The van der Waals surface area contributed by atoms with Crippen LogP contribution in [0.4, 0.5) is 18.9 Å². The Morgan fingerprint density at radius 2 is 2.06 bits per heavy atom. The second-order valence-electron chi connectivity index (χ2n) is 2.72. The number of rotatable bonds is 2. The molecule has 0 heterocycles. The first kappa shape index (κ1) is 12.5. The highest BCUT2D eigenvalue weighted by molar-refractivity contribution is 7.80. The van der Waals surface area contributed by atoms with Gasteiger partial charge < -0.3 is 0 Å². The summed E-state index contributed by atoms with van der Waals surface area (Å²) in [5, 5.41) is 8.57. The van der Waals surface area contributed by atoms with Crippen LogP contribution in [0.15, 0.2) is 18.2 Å². The zero-order valence-electron chi connectivity index (χ0n) is 7.58. The van der Waals surface area contributed by atoms with Gasteiger partial charge in [0.05, 0.1) is 16.8 Å². The van der Waals surface area contributed by atoms with Crippen molar-refractivity contribution in [1.29, 1.82) is 5.26 Å². The number of nitrogens with zero attached hydrogens (tertiary/aromatic N) is 1. The van der Waals surface area contributed by atoms with Crippen LogP contribution in [-0.4, -0.2) is 8.76 Å². The summed E-state index contributed by atoms with van der Waals surface area (Å²) in [6.45, 7) is 0. The van der Waals surface area contributed by atoms with Crippen molar-refractivity contribution in [2.24, 2.45) is 0 Å². The van der Waals surface area contributed by atoms with Gasteiger partial charge in [-0.15, -0.1) is 0 Å². The first-order chi connectivity index (χ1) is 7.34. The molecule has 1 aromatic rings. The molecule has 0 aliphatic heterocycles. The Bertz CT molecular complexity index is 467. The maximum atomic E-state index is 12.3. The van der Waals surface area contributed by atoms with E-state index in [2.05, 4.69) is 0 Å². The van der Waals surface area contributed by atoms with Crippen LogP contribution in [0.3, 0.4) is 0 Å². The molecule has 0 aliphatic rings. The lowest BCUT2D eigenvalue weighted by molar-refractivity contribution is -0.137. The van der Waals surface area contributed by atoms with E-state index in [1.165, 1.54) is 0 Å². The molecule has 0 amide bonds. The van der Waals surface area contributed by atoms with Gasteiger partial charge in [0.25, 0.3) is 11.3 Å². The van der Waals surface area contributed by atoms with Crippen molar-refractivity contribution >= 4 is 17.0 Å². The van der Waals surface area contributed by atoms with Crippen molar-refractivity contribution in [2.45, 2.75) is 6.18 Å². The number of halogens is 3. The summed E-state index contributed by atoms with van der Waals surface area (Å²) in [7, 11) is 0. The Morgan fingerprint density at radius 3 is 2.50 bits per heavy atom. The third-order valence-electron chi connectivity index (χ3n) is 1.66. The molecule has 1 aromatic carbocycles. The van der Waals surface area contributed by atoms with Gasteiger partial charge in [-0.3, -0.25) is 9.27 Å². The van der Waals surface area contributed by atoms with E-state index in [0.717, 1.165) is 12.1 Å². The van der Waals surface area contributed by atoms with E-state index in [9.17, 15) is 17.4 Å². The van der Waals surface area contributed by atoms with Crippen LogP contribution in [0.5, 0.6) is 0 Å². The first-order valence-corrected chi connectivity index (χ1v) is 4.94. The maximum absolute atomic E-state index is 12.3. The van der Waals surface area contributed by atoms with E-state index in [-0.39, 0.29) is 11.3 Å². The molecule has 1 rings (SSSR count). The van der Waals surface area contributed by atoms with E-state index in [4.69, 9.17) is 9.81 Å². The molecule has 0 saturated heterocycles.